The molecule has 1 aliphatic heterocycles. The molecule has 1 aliphatic rings. The van der Waals surface area contributed by atoms with Gasteiger partial charge in [-0.05, 0) is 37.1 Å². The number of hydrogen-bond acceptors (Lipinski definition) is 5. The van der Waals surface area contributed by atoms with Crippen molar-refractivity contribution >= 4 is 38.7 Å². The zero-order valence-corrected chi connectivity index (χ0v) is 19.8. The maximum absolute atomic E-state index is 13.9. The van der Waals surface area contributed by atoms with Crippen LogP contribution >= 0.6 is 11.6 Å². The molecule has 13 heteroatoms. The van der Waals surface area contributed by atoms with Gasteiger partial charge in [0.05, 0.1) is 20.3 Å². The van der Waals surface area contributed by atoms with Crippen LogP contribution in [0.5, 0.6) is 0 Å². The van der Waals surface area contributed by atoms with Crippen LogP contribution in [0.1, 0.15) is 40.9 Å². The van der Waals surface area contributed by atoms with Crippen molar-refractivity contribution in [2.75, 3.05) is 29.6 Å². The van der Waals surface area contributed by atoms with E-state index in [2.05, 4.69) is 10.3 Å². The predicted octanol–water partition coefficient (Wildman–Crippen LogP) is 5.98. The van der Waals surface area contributed by atoms with Crippen LogP contribution in [0.4, 0.5) is 33.5 Å². The number of amides is 1. The largest absolute Gasteiger partial charge is 0.434 e. The Morgan fingerprint density at radius 1 is 1.26 bits per heavy atom. The van der Waals surface area contributed by atoms with Gasteiger partial charge in [0.1, 0.15) is 5.82 Å². The molecule has 1 fully saturated rings. The van der Waals surface area contributed by atoms with E-state index < -0.39 is 51.3 Å². The normalized spacial score (nSPS) is 18.2. The second-order valence-corrected chi connectivity index (χ2v) is 10.7. The number of alkyl halides is 5. The number of nitrogens with one attached hydrogen (secondary N) is 2. The summed E-state index contributed by atoms with van der Waals surface area (Å²) in [5.74, 6) is -4.23. The molecule has 1 atom stereocenters. The summed E-state index contributed by atoms with van der Waals surface area (Å²) in [6.07, 6.45) is -4.76. The van der Waals surface area contributed by atoms with Crippen LogP contribution in [0.2, 0.25) is 5.02 Å². The van der Waals surface area contributed by atoms with Gasteiger partial charge in [-0.15, -0.1) is 0 Å². The van der Waals surface area contributed by atoms with Gasteiger partial charge in [0.25, 0.3) is 5.91 Å². The Morgan fingerprint density at radius 2 is 1.94 bits per heavy atom. The highest BCUT2D eigenvalue weighted by atomic mass is 35.5. The monoisotopic (exact) mass is 524 g/mol. The second-order valence-electron chi connectivity index (χ2n) is 8.12. The molecule has 3 rings (SSSR count). The zero-order chi connectivity index (χ0) is 25.5. The summed E-state index contributed by atoms with van der Waals surface area (Å²) >= 11 is 5.94. The highest BCUT2D eigenvalue weighted by molar-refractivity contribution is 7.91. The molecule has 1 amide bonds. The summed E-state index contributed by atoms with van der Waals surface area (Å²) in [7, 11) is -3.09. The minimum absolute atomic E-state index is 0.00479. The summed E-state index contributed by atoms with van der Waals surface area (Å²) in [5, 5.41) is 1.74. The summed E-state index contributed by atoms with van der Waals surface area (Å²) in [6, 6.07) is 5.67. The van der Waals surface area contributed by atoms with Crippen LogP contribution in [-0.2, 0) is 15.9 Å². The number of nitrogens with zero attached hydrogens (tertiary/aromatic N) is 2. The van der Waals surface area contributed by atoms with Crippen molar-refractivity contribution in [3.05, 3.63) is 46.1 Å². The third kappa shape index (κ3) is 5.77. The molecule has 186 valence electrons. The lowest BCUT2D eigenvalue weighted by molar-refractivity contribution is -0.141. The van der Waals surface area contributed by atoms with Gasteiger partial charge in [-0.25, -0.2) is 22.8 Å². The number of anilines is 2. The molecule has 6 nitrogen and oxygen atoms in total. The molecule has 1 aromatic heterocycles. The number of hydrogen-bond donors (Lipinski definition) is 2. The van der Waals surface area contributed by atoms with E-state index in [1.54, 1.807) is 0 Å². The average molecular weight is 525 g/mol. The van der Waals surface area contributed by atoms with E-state index in [-0.39, 0.29) is 47.0 Å². The van der Waals surface area contributed by atoms with E-state index in [1.807, 2.05) is 0 Å². The topological polar surface area (TPSA) is 86.2 Å². The first-order chi connectivity index (χ1) is 15.6. The van der Waals surface area contributed by atoms with Gasteiger partial charge >= 0.3 is 6.18 Å². The van der Waals surface area contributed by atoms with Crippen molar-refractivity contribution < 1.29 is 31.0 Å². The van der Waals surface area contributed by atoms with Gasteiger partial charge < -0.3 is 10.2 Å². The van der Waals surface area contributed by atoms with E-state index in [1.165, 1.54) is 42.3 Å². The first kappa shape index (κ1) is 26.1. The summed E-state index contributed by atoms with van der Waals surface area (Å²) in [5.41, 5.74) is -1.75. The molecule has 2 N–H and O–H groups in total. The van der Waals surface area contributed by atoms with Crippen LogP contribution < -0.4 is 10.2 Å². The fourth-order valence-corrected chi connectivity index (χ4v) is 4.57. The van der Waals surface area contributed by atoms with Crippen molar-refractivity contribution in [3.63, 3.8) is 0 Å². The van der Waals surface area contributed by atoms with E-state index in [9.17, 15) is 31.0 Å². The smallest absolute Gasteiger partial charge is 0.356 e. The molecule has 0 aliphatic carbocycles. The number of rotatable bonds is 4. The Labute approximate surface area is 198 Å². The molecule has 1 aromatic carbocycles. The van der Waals surface area contributed by atoms with E-state index in [0.29, 0.717) is 0 Å². The lowest BCUT2D eigenvalue weighted by atomic mass is 10.1. The van der Waals surface area contributed by atoms with Crippen LogP contribution in [-0.4, -0.2) is 40.4 Å². The summed E-state index contributed by atoms with van der Waals surface area (Å²) in [6.45, 7) is 0.904. The number of benzene rings is 1. The van der Waals surface area contributed by atoms with Crippen LogP contribution in [0, 0.1) is 11.7 Å². The molecule has 0 spiro atoms. The number of carbonyl (C=O) groups is 1. The molecule has 0 saturated carbocycles. The number of aromatic nitrogens is 1. The van der Waals surface area contributed by atoms with Gasteiger partial charge in [-0.2, -0.15) is 13.2 Å². The van der Waals surface area contributed by atoms with Gasteiger partial charge in [0.2, 0.25) is 5.92 Å². The van der Waals surface area contributed by atoms with Gasteiger partial charge in [0.15, 0.2) is 5.69 Å². The number of carbonyl (C=O) groups excluding carboxylic acids is 1. The third-order valence-electron chi connectivity index (χ3n) is 5.41. The van der Waals surface area contributed by atoms with Gasteiger partial charge in [-0.3, -0.25) is 4.79 Å². The van der Waals surface area contributed by atoms with Crippen molar-refractivity contribution in [2.24, 2.45) is 0 Å². The molecule has 1 saturated heterocycles. The van der Waals surface area contributed by atoms with E-state index >= 15 is 0 Å². The second kappa shape index (κ2) is 9.29. The quantitative estimate of drug-likeness (QED) is 0.482. The molecule has 2 heterocycles. The SMILES string of the molecule is Cc1c(Cl)c(C(F)(F)F)nc(N2CCCC(F)(F)CC2)c1C(=O)Nc1cccc(S(C)(=N)=O)c1. The number of pyridine rings is 1. The van der Waals surface area contributed by atoms with Crippen LogP contribution in [0.15, 0.2) is 29.2 Å². The minimum atomic E-state index is -4.93. The van der Waals surface area contributed by atoms with Crippen molar-refractivity contribution in [1.82, 2.24) is 4.98 Å². The lowest BCUT2D eigenvalue weighted by Crippen LogP contribution is -2.31. The van der Waals surface area contributed by atoms with Crippen molar-refractivity contribution in [1.29, 1.82) is 4.78 Å². The van der Waals surface area contributed by atoms with E-state index in [0.717, 1.165) is 0 Å². The molecule has 0 bridgehead atoms. The third-order valence-corrected chi connectivity index (χ3v) is 7.02. The van der Waals surface area contributed by atoms with Gasteiger partial charge in [-0.1, -0.05) is 17.7 Å². The summed E-state index contributed by atoms with van der Waals surface area (Å²) in [4.78, 5) is 18.2. The first-order valence-electron chi connectivity index (χ1n) is 10.2. The molecular weight excluding hydrogens is 503 g/mol. The average Bonchev–Trinajstić information content (AvgIpc) is 2.88. The predicted molar refractivity (Wildman–Crippen MR) is 119 cm³/mol. The lowest BCUT2D eigenvalue weighted by Gasteiger charge is -2.27. The Hall–Kier alpha value is -2.47. The highest BCUT2D eigenvalue weighted by Crippen LogP contribution is 2.40. The Bertz CT molecular complexity index is 1220. The maximum atomic E-state index is 13.9. The molecule has 1 unspecified atom stereocenters. The maximum Gasteiger partial charge on any atom is 0.434 e. The fourth-order valence-electron chi connectivity index (χ4n) is 3.64. The Kier molecular flexibility index (Phi) is 7.14. The molecular formula is C21H22ClF5N4O2S. The van der Waals surface area contributed by atoms with E-state index in [4.69, 9.17) is 16.4 Å². The summed E-state index contributed by atoms with van der Waals surface area (Å²) < 4.78 is 88.2. The van der Waals surface area contributed by atoms with Crippen LogP contribution in [0.3, 0.4) is 0 Å². The Morgan fingerprint density at radius 3 is 2.56 bits per heavy atom. The van der Waals surface area contributed by atoms with Crippen molar-refractivity contribution in [3.8, 4) is 0 Å². The molecule has 0 radical (unpaired) electrons. The Balaban J connectivity index is 2.10. The minimum Gasteiger partial charge on any atom is -0.356 e. The zero-order valence-electron chi connectivity index (χ0n) is 18.2. The first-order valence-corrected chi connectivity index (χ1v) is 12.5. The van der Waals surface area contributed by atoms with Crippen molar-refractivity contribution in [2.45, 2.75) is 43.2 Å². The van der Waals surface area contributed by atoms with Gasteiger partial charge in [0, 0.05) is 42.8 Å². The fraction of sp³-hybridized carbons (Fsp3) is 0.429. The van der Waals surface area contributed by atoms with Crippen LogP contribution in [0.25, 0.3) is 0 Å². The molecule has 34 heavy (non-hydrogen) atoms. The standard InChI is InChI=1S/C21H22ClF5N4O2S/c1-12-15(19(32)29-13-5-3-6-14(11-13)34(2,28)33)18(30-17(16(12)22)21(25,26)27)31-9-4-7-20(23,24)8-10-31/h3,5-6,11,28H,4,7-10H2,1-2H3,(H,29,32). The highest BCUT2D eigenvalue weighted by Gasteiger charge is 2.40. The number of halogens is 6. The molecule has 2 aromatic rings.